The zero-order valence-electron chi connectivity index (χ0n) is 15.0. The molecule has 1 rings (SSSR count). The number of nitrogens with zero attached hydrogens (tertiary/aromatic N) is 1. The Hall–Kier alpha value is -2.33. The van der Waals surface area contributed by atoms with Crippen LogP contribution in [0.2, 0.25) is 0 Å². The monoisotopic (exact) mass is 305 g/mol. The summed E-state index contributed by atoms with van der Waals surface area (Å²) < 4.78 is 0. The second kappa shape index (κ2) is 9.64. The van der Waals surface area contributed by atoms with Crippen LogP contribution in [0, 0.1) is 12.3 Å². The summed E-state index contributed by atoms with van der Waals surface area (Å²) >= 11 is 0. The molecule has 1 aromatic carbocycles. The molecule has 0 radical (unpaired) electrons. The van der Waals surface area contributed by atoms with Crippen molar-refractivity contribution in [2.24, 2.45) is 4.99 Å². The van der Waals surface area contributed by atoms with Gasteiger partial charge in [0.25, 0.3) is 0 Å². The molecule has 23 heavy (non-hydrogen) atoms. The number of aliphatic imine (C=N–C) groups is 1. The minimum Gasteiger partial charge on any atom is -0.285 e. The lowest BCUT2D eigenvalue weighted by molar-refractivity contribution is 1.05. The first-order chi connectivity index (χ1) is 11.1. The Kier molecular flexibility index (Phi) is 7.84. The highest BCUT2D eigenvalue weighted by molar-refractivity contribution is 6.02. The van der Waals surface area contributed by atoms with Gasteiger partial charge in [-0.3, -0.25) is 4.99 Å². The molecule has 0 bridgehead atoms. The van der Waals surface area contributed by atoms with Crippen LogP contribution in [0.4, 0.5) is 0 Å². The quantitative estimate of drug-likeness (QED) is 0.348. The van der Waals surface area contributed by atoms with Crippen LogP contribution in [0.15, 0.2) is 58.6 Å². The number of hydrogen-bond acceptors (Lipinski definition) is 1. The molecule has 0 heterocycles. The van der Waals surface area contributed by atoms with Gasteiger partial charge in [-0.15, -0.1) is 6.42 Å². The molecular formula is C22H27N. The molecule has 120 valence electrons. The summed E-state index contributed by atoms with van der Waals surface area (Å²) in [6.45, 7) is 11.0. The van der Waals surface area contributed by atoms with E-state index in [9.17, 15) is 0 Å². The fraction of sp³-hybridized carbons (Fsp3) is 0.318. The number of allylic oxidation sites excluding steroid dienone is 6. The van der Waals surface area contributed by atoms with Gasteiger partial charge in [0.15, 0.2) is 0 Å². The van der Waals surface area contributed by atoms with E-state index in [2.05, 4.69) is 57.9 Å². The minimum absolute atomic E-state index is 0.666. The molecule has 1 aromatic rings. The van der Waals surface area contributed by atoms with Gasteiger partial charge in [0, 0.05) is 11.3 Å². The zero-order valence-corrected chi connectivity index (χ0v) is 15.0. The van der Waals surface area contributed by atoms with E-state index in [0.717, 1.165) is 23.3 Å². The molecule has 0 aliphatic carbocycles. The second-order valence-corrected chi connectivity index (χ2v) is 5.32. The van der Waals surface area contributed by atoms with Crippen LogP contribution in [0.25, 0.3) is 5.57 Å². The van der Waals surface area contributed by atoms with Crippen molar-refractivity contribution in [2.45, 2.75) is 47.6 Å². The standard InChI is InChI=1S/C22H27N/c1-7-19(8-2)21-14-12-13-18(15-21)16-23-17(6)22(11-5)20(9-3)10-4/h1,8-9,11-15H,10,16H2,2-6H3/b19-8+,20-9+,22-11+,23-17-. The first-order valence-corrected chi connectivity index (χ1v) is 8.16. The molecule has 0 saturated heterocycles. The van der Waals surface area contributed by atoms with Crippen molar-refractivity contribution in [2.75, 3.05) is 0 Å². The Labute approximate surface area is 141 Å². The van der Waals surface area contributed by atoms with Crippen LogP contribution in [-0.4, -0.2) is 5.71 Å². The van der Waals surface area contributed by atoms with Crippen LogP contribution in [-0.2, 0) is 6.54 Å². The number of terminal acetylenes is 1. The molecule has 0 N–H and O–H groups in total. The SMILES string of the molecule is C#C/C(=C\C)c1cccc(C\N=C(C)/C(=C\C)C(=C/C)/CC)c1. The van der Waals surface area contributed by atoms with E-state index in [4.69, 9.17) is 11.4 Å². The Bertz CT molecular complexity index is 691. The van der Waals surface area contributed by atoms with Gasteiger partial charge in [0.2, 0.25) is 0 Å². The third kappa shape index (κ3) is 5.11. The van der Waals surface area contributed by atoms with Crippen LogP contribution in [0.1, 0.15) is 52.2 Å². The number of benzene rings is 1. The molecule has 1 nitrogen and oxygen atoms in total. The van der Waals surface area contributed by atoms with Gasteiger partial charge in [-0.05, 0) is 62.5 Å². The topological polar surface area (TPSA) is 12.4 Å². The van der Waals surface area contributed by atoms with E-state index in [-0.39, 0.29) is 0 Å². The van der Waals surface area contributed by atoms with Crippen LogP contribution in [0.3, 0.4) is 0 Å². The van der Waals surface area contributed by atoms with Gasteiger partial charge in [-0.25, -0.2) is 0 Å². The lowest BCUT2D eigenvalue weighted by atomic mass is 9.99. The van der Waals surface area contributed by atoms with E-state index in [1.54, 1.807) is 0 Å². The van der Waals surface area contributed by atoms with Gasteiger partial charge >= 0.3 is 0 Å². The summed E-state index contributed by atoms with van der Waals surface area (Å²) in [5, 5.41) is 0. The van der Waals surface area contributed by atoms with E-state index >= 15 is 0 Å². The normalized spacial score (nSPS) is 13.9. The third-order valence-corrected chi connectivity index (χ3v) is 3.93. The maximum Gasteiger partial charge on any atom is 0.0643 e. The van der Waals surface area contributed by atoms with Gasteiger partial charge in [-0.1, -0.05) is 49.3 Å². The van der Waals surface area contributed by atoms with Crippen molar-refractivity contribution in [3.05, 3.63) is 64.8 Å². The summed E-state index contributed by atoms with van der Waals surface area (Å²) in [5.41, 5.74) is 6.83. The first-order valence-electron chi connectivity index (χ1n) is 8.16. The van der Waals surface area contributed by atoms with Crippen LogP contribution in [0.5, 0.6) is 0 Å². The maximum atomic E-state index is 5.55. The van der Waals surface area contributed by atoms with Crippen molar-refractivity contribution in [1.82, 2.24) is 0 Å². The molecule has 1 heteroatoms. The van der Waals surface area contributed by atoms with Crippen molar-refractivity contribution >= 4 is 11.3 Å². The van der Waals surface area contributed by atoms with Gasteiger partial charge < -0.3 is 0 Å². The van der Waals surface area contributed by atoms with E-state index < -0.39 is 0 Å². The summed E-state index contributed by atoms with van der Waals surface area (Å²) in [6.07, 6.45) is 12.8. The first kappa shape index (κ1) is 18.7. The van der Waals surface area contributed by atoms with E-state index in [0.29, 0.717) is 6.54 Å². The summed E-state index contributed by atoms with van der Waals surface area (Å²) in [7, 11) is 0. The maximum absolute atomic E-state index is 5.55. The lowest BCUT2D eigenvalue weighted by Crippen LogP contribution is -2.01. The molecular weight excluding hydrogens is 278 g/mol. The predicted octanol–water partition coefficient (Wildman–Crippen LogP) is 5.99. The molecule has 0 saturated carbocycles. The molecule has 0 atom stereocenters. The predicted molar refractivity (Wildman–Crippen MR) is 104 cm³/mol. The molecule has 0 unspecified atom stereocenters. The summed E-state index contributed by atoms with van der Waals surface area (Å²) in [5.74, 6) is 2.73. The van der Waals surface area contributed by atoms with E-state index in [1.807, 2.05) is 25.1 Å². The van der Waals surface area contributed by atoms with Crippen LogP contribution >= 0.6 is 0 Å². The van der Waals surface area contributed by atoms with Crippen molar-refractivity contribution in [3.8, 4) is 12.3 Å². The Morgan fingerprint density at radius 1 is 1.17 bits per heavy atom. The second-order valence-electron chi connectivity index (χ2n) is 5.32. The van der Waals surface area contributed by atoms with Crippen molar-refractivity contribution in [1.29, 1.82) is 0 Å². The molecule has 0 aromatic heterocycles. The molecule has 0 amide bonds. The van der Waals surface area contributed by atoms with Gasteiger partial charge in [0.05, 0.1) is 6.54 Å². The third-order valence-electron chi connectivity index (χ3n) is 3.93. The average molecular weight is 305 g/mol. The van der Waals surface area contributed by atoms with E-state index in [1.165, 1.54) is 16.7 Å². The highest BCUT2D eigenvalue weighted by Crippen LogP contribution is 2.18. The highest BCUT2D eigenvalue weighted by atomic mass is 14.7. The molecule has 0 spiro atoms. The molecule has 0 aliphatic rings. The van der Waals surface area contributed by atoms with Crippen LogP contribution < -0.4 is 0 Å². The lowest BCUT2D eigenvalue weighted by Gasteiger charge is -2.10. The van der Waals surface area contributed by atoms with Gasteiger partial charge in [-0.2, -0.15) is 0 Å². The Balaban J connectivity index is 3.01. The average Bonchev–Trinajstić information content (AvgIpc) is 2.59. The molecule has 0 aliphatic heterocycles. The molecule has 0 fully saturated rings. The Morgan fingerprint density at radius 2 is 1.91 bits per heavy atom. The van der Waals surface area contributed by atoms with Crippen molar-refractivity contribution in [3.63, 3.8) is 0 Å². The smallest absolute Gasteiger partial charge is 0.0643 e. The summed E-state index contributed by atoms with van der Waals surface area (Å²) in [4.78, 5) is 4.77. The fourth-order valence-corrected chi connectivity index (χ4v) is 2.64. The largest absolute Gasteiger partial charge is 0.285 e. The number of rotatable bonds is 6. The minimum atomic E-state index is 0.666. The van der Waals surface area contributed by atoms with Crippen molar-refractivity contribution < 1.29 is 0 Å². The highest BCUT2D eigenvalue weighted by Gasteiger charge is 2.05. The zero-order chi connectivity index (χ0) is 17.2. The number of hydrogen-bond donors (Lipinski definition) is 0. The van der Waals surface area contributed by atoms with Gasteiger partial charge in [0.1, 0.15) is 0 Å². The Morgan fingerprint density at radius 3 is 2.43 bits per heavy atom. The fourth-order valence-electron chi connectivity index (χ4n) is 2.64. The summed E-state index contributed by atoms with van der Waals surface area (Å²) in [6, 6.07) is 8.30.